The van der Waals surface area contributed by atoms with Crippen LogP contribution in [0, 0.1) is 35.0 Å². The zero-order valence-electron chi connectivity index (χ0n) is 22.7. The maximum absolute atomic E-state index is 14.2. The number of rotatable bonds is 8. The SMILES string of the molecule is C[C@@H]1[C@H](CSc2nncn2C)O[C@H](c2cccc(NC(=O)c3c(F)c(F)c(F)c(F)c3F)c2)O[C@@H]1c1ccc(CO)cc1. The van der Waals surface area contributed by atoms with Gasteiger partial charge in [-0.1, -0.05) is 55.1 Å². The molecule has 1 aromatic heterocycles. The number of aromatic nitrogens is 3. The highest BCUT2D eigenvalue weighted by Gasteiger charge is 2.39. The first-order valence-corrected chi connectivity index (χ1v) is 14.0. The van der Waals surface area contributed by atoms with Crippen LogP contribution in [0.5, 0.6) is 0 Å². The van der Waals surface area contributed by atoms with Crippen molar-refractivity contribution in [3.8, 4) is 0 Å². The van der Waals surface area contributed by atoms with Crippen molar-refractivity contribution in [2.75, 3.05) is 11.1 Å². The lowest BCUT2D eigenvalue weighted by molar-refractivity contribution is -0.268. The van der Waals surface area contributed by atoms with Crippen molar-refractivity contribution < 1.29 is 41.3 Å². The summed E-state index contributed by atoms with van der Waals surface area (Å²) in [4.78, 5) is 12.6. The predicted octanol–water partition coefficient (Wildman–Crippen LogP) is 5.84. The number of aliphatic hydroxyl groups excluding tert-OH is 1. The summed E-state index contributed by atoms with van der Waals surface area (Å²) in [5.41, 5.74) is 0.390. The lowest BCUT2D eigenvalue weighted by Gasteiger charge is -2.41. The average Bonchev–Trinajstić information content (AvgIpc) is 3.43. The number of nitrogens with zero attached hydrogens (tertiary/aromatic N) is 3. The number of hydrogen-bond donors (Lipinski definition) is 2. The summed E-state index contributed by atoms with van der Waals surface area (Å²) in [7, 11) is 1.82. The van der Waals surface area contributed by atoms with Crippen molar-refractivity contribution in [3.05, 3.63) is 106 Å². The Bertz CT molecular complexity index is 1610. The van der Waals surface area contributed by atoms with Crippen molar-refractivity contribution in [1.29, 1.82) is 0 Å². The fourth-order valence-corrected chi connectivity index (χ4v) is 5.68. The number of aryl methyl sites for hydroxylation is 1. The Morgan fingerprint density at radius 2 is 1.65 bits per heavy atom. The second-order valence-corrected chi connectivity index (χ2v) is 10.9. The van der Waals surface area contributed by atoms with Crippen LogP contribution in [-0.2, 0) is 23.1 Å². The molecule has 1 amide bonds. The zero-order chi connectivity index (χ0) is 30.8. The lowest BCUT2D eigenvalue weighted by atomic mass is 9.91. The Hall–Kier alpha value is -3.85. The van der Waals surface area contributed by atoms with E-state index in [9.17, 15) is 31.9 Å². The van der Waals surface area contributed by atoms with Gasteiger partial charge in [-0.2, -0.15) is 0 Å². The van der Waals surface area contributed by atoms with Crippen LogP contribution in [0.4, 0.5) is 27.6 Å². The first kappa shape index (κ1) is 30.6. The van der Waals surface area contributed by atoms with Gasteiger partial charge in [0.25, 0.3) is 5.91 Å². The molecule has 1 fully saturated rings. The molecule has 226 valence electrons. The number of benzene rings is 3. The predicted molar refractivity (Wildman–Crippen MR) is 145 cm³/mol. The summed E-state index contributed by atoms with van der Waals surface area (Å²) in [5, 5.41) is 20.3. The van der Waals surface area contributed by atoms with Gasteiger partial charge in [-0.3, -0.25) is 4.79 Å². The molecule has 1 aliphatic heterocycles. The Labute approximate surface area is 246 Å². The van der Waals surface area contributed by atoms with Gasteiger partial charge in [0.1, 0.15) is 11.9 Å². The number of ether oxygens (including phenoxy) is 2. The number of aliphatic hydroxyl groups is 1. The molecule has 4 aromatic rings. The largest absolute Gasteiger partial charge is 0.392 e. The van der Waals surface area contributed by atoms with Gasteiger partial charge >= 0.3 is 0 Å². The smallest absolute Gasteiger partial charge is 0.261 e. The fourth-order valence-electron chi connectivity index (χ4n) is 4.63. The summed E-state index contributed by atoms with van der Waals surface area (Å²) < 4.78 is 83.7. The molecule has 8 nitrogen and oxygen atoms in total. The Balaban J connectivity index is 1.42. The van der Waals surface area contributed by atoms with Gasteiger partial charge in [0.05, 0.1) is 18.8 Å². The van der Waals surface area contributed by atoms with E-state index in [4.69, 9.17) is 9.47 Å². The molecule has 2 N–H and O–H groups in total. The third kappa shape index (κ3) is 6.27. The maximum atomic E-state index is 14.2. The van der Waals surface area contributed by atoms with E-state index in [2.05, 4.69) is 15.5 Å². The maximum Gasteiger partial charge on any atom is 0.261 e. The van der Waals surface area contributed by atoms with Crippen LogP contribution in [0.15, 0.2) is 60.0 Å². The molecule has 14 heteroatoms. The lowest BCUT2D eigenvalue weighted by Crippen LogP contribution is -2.38. The highest BCUT2D eigenvalue weighted by molar-refractivity contribution is 7.99. The molecule has 0 aliphatic carbocycles. The number of nitrogens with one attached hydrogen (secondary N) is 1. The molecule has 1 aliphatic rings. The molecule has 0 bridgehead atoms. The van der Waals surface area contributed by atoms with Crippen LogP contribution in [-0.4, -0.2) is 37.6 Å². The molecule has 1 saturated heterocycles. The number of carbonyl (C=O) groups is 1. The minimum atomic E-state index is -2.36. The van der Waals surface area contributed by atoms with Gasteiger partial charge in [0.15, 0.2) is 34.7 Å². The number of hydrogen-bond acceptors (Lipinski definition) is 7. The minimum Gasteiger partial charge on any atom is -0.392 e. The van der Waals surface area contributed by atoms with E-state index < -0.39 is 53.0 Å². The first-order valence-electron chi connectivity index (χ1n) is 13.0. The van der Waals surface area contributed by atoms with Gasteiger partial charge in [-0.15, -0.1) is 10.2 Å². The summed E-state index contributed by atoms with van der Waals surface area (Å²) in [6.07, 6.45) is -0.204. The zero-order valence-corrected chi connectivity index (χ0v) is 23.5. The van der Waals surface area contributed by atoms with Crippen LogP contribution >= 0.6 is 11.8 Å². The van der Waals surface area contributed by atoms with E-state index in [1.807, 2.05) is 26.1 Å². The van der Waals surface area contributed by atoms with Crippen molar-refractivity contribution in [1.82, 2.24) is 14.8 Å². The topological polar surface area (TPSA) is 98.5 Å². The van der Waals surface area contributed by atoms with Gasteiger partial charge in [-0.05, 0) is 23.3 Å². The molecular weight excluding hydrogens is 595 g/mol. The quantitative estimate of drug-likeness (QED) is 0.111. The minimum absolute atomic E-state index is 0.00567. The molecule has 0 radical (unpaired) electrons. The molecule has 4 atom stereocenters. The molecule has 2 heterocycles. The number of halogens is 5. The summed E-state index contributed by atoms with van der Waals surface area (Å²) in [6, 6.07) is 13.2. The molecule has 5 rings (SSSR count). The van der Waals surface area contributed by atoms with Crippen molar-refractivity contribution in [2.45, 2.75) is 37.2 Å². The van der Waals surface area contributed by atoms with E-state index in [0.29, 0.717) is 16.5 Å². The third-order valence-corrected chi connectivity index (χ3v) is 8.15. The molecule has 43 heavy (non-hydrogen) atoms. The molecule has 0 spiro atoms. The molecule has 3 aromatic carbocycles. The Morgan fingerprint density at radius 1 is 0.977 bits per heavy atom. The number of anilines is 1. The van der Waals surface area contributed by atoms with E-state index in [1.54, 1.807) is 29.1 Å². The summed E-state index contributed by atoms with van der Waals surface area (Å²) in [6.45, 7) is 1.86. The van der Waals surface area contributed by atoms with Crippen LogP contribution in [0.1, 0.15) is 46.4 Å². The Morgan fingerprint density at radius 3 is 2.28 bits per heavy atom. The van der Waals surface area contributed by atoms with Crippen LogP contribution in [0.25, 0.3) is 0 Å². The van der Waals surface area contributed by atoms with Crippen LogP contribution < -0.4 is 5.32 Å². The number of amides is 1. The highest BCUT2D eigenvalue weighted by atomic mass is 32.2. The van der Waals surface area contributed by atoms with Crippen molar-refractivity contribution in [3.63, 3.8) is 0 Å². The van der Waals surface area contributed by atoms with Gasteiger partial charge in [-0.25, -0.2) is 22.0 Å². The van der Waals surface area contributed by atoms with E-state index >= 15 is 0 Å². The molecule has 0 unspecified atom stereocenters. The van der Waals surface area contributed by atoms with E-state index in [-0.39, 0.29) is 24.3 Å². The second-order valence-electron chi connectivity index (χ2n) is 9.88. The third-order valence-electron chi connectivity index (χ3n) is 7.02. The van der Waals surface area contributed by atoms with Crippen LogP contribution in [0.2, 0.25) is 0 Å². The van der Waals surface area contributed by atoms with E-state index in [1.165, 1.54) is 30.0 Å². The summed E-state index contributed by atoms with van der Waals surface area (Å²) in [5.74, 6) is -12.5. The Kier molecular flexibility index (Phi) is 9.11. The normalized spacial score (nSPS) is 20.3. The number of thioether (sulfide) groups is 1. The monoisotopic (exact) mass is 620 g/mol. The van der Waals surface area contributed by atoms with E-state index in [0.717, 1.165) is 11.1 Å². The van der Waals surface area contributed by atoms with Crippen molar-refractivity contribution in [2.24, 2.45) is 13.0 Å². The van der Waals surface area contributed by atoms with Gasteiger partial charge in [0.2, 0.25) is 5.82 Å². The molecule has 0 saturated carbocycles. The van der Waals surface area contributed by atoms with Gasteiger partial charge in [0, 0.05) is 30.0 Å². The van der Waals surface area contributed by atoms with Crippen molar-refractivity contribution >= 4 is 23.4 Å². The first-order chi connectivity index (χ1) is 20.6. The summed E-state index contributed by atoms with van der Waals surface area (Å²) >= 11 is 1.44. The molecular formula is C29H25F5N4O4S. The van der Waals surface area contributed by atoms with Gasteiger partial charge < -0.3 is 24.5 Å². The highest BCUT2D eigenvalue weighted by Crippen LogP contribution is 2.43. The fraction of sp³-hybridized carbons (Fsp3) is 0.276. The second kappa shape index (κ2) is 12.8. The van der Waals surface area contributed by atoms with Crippen LogP contribution in [0.3, 0.4) is 0 Å². The standard InChI is InChI=1S/C29H25F5N4O4S/c1-14-19(12-43-29-37-35-13-38(29)2)41-28(42-26(14)16-8-6-15(11-39)7-9-16)17-4-3-5-18(10-17)36-27(40)20-21(30)23(32)25(34)24(33)22(20)31/h3-10,13-14,19,26,28,39H,11-12H2,1-2H3,(H,36,40)/t14-,19+,26+,28+/m1/s1. The average molecular weight is 621 g/mol. The number of carbonyl (C=O) groups excluding carboxylic acids is 1.